The topological polar surface area (TPSA) is 73.9 Å². The largest absolute Gasteiger partial charge is 0.416 e. The zero-order chi connectivity index (χ0) is 22.2. The first-order valence-corrected chi connectivity index (χ1v) is 9.53. The van der Waals surface area contributed by atoms with Crippen molar-refractivity contribution in [2.45, 2.75) is 12.8 Å². The zero-order valence-corrected chi connectivity index (χ0v) is 17.0. The van der Waals surface area contributed by atoms with Crippen LogP contribution in [0, 0.1) is 0 Å². The smallest absolute Gasteiger partial charge is 0.398 e. The molecule has 0 unspecified atom stereocenters. The van der Waals surface area contributed by atoms with Gasteiger partial charge in [0.2, 0.25) is 0 Å². The van der Waals surface area contributed by atoms with Gasteiger partial charge in [-0.1, -0.05) is 17.7 Å². The van der Waals surface area contributed by atoms with E-state index >= 15 is 0 Å². The number of anilines is 1. The molecule has 0 aliphatic carbocycles. The normalized spacial score (nSPS) is 11.8. The molecule has 0 spiro atoms. The molecule has 0 radical (unpaired) electrons. The molecule has 0 atom stereocenters. The van der Waals surface area contributed by atoms with Crippen molar-refractivity contribution in [3.8, 4) is 22.5 Å². The fourth-order valence-electron chi connectivity index (χ4n) is 3.26. The summed E-state index contributed by atoms with van der Waals surface area (Å²) in [7, 11) is 1.48. The van der Waals surface area contributed by atoms with E-state index in [1.807, 2.05) is 0 Å². The number of nitrogens with zero attached hydrogens (tertiary/aromatic N) is 3. The molecule has 4 aromatic rings. The van der Waals surface area contributed by atoms with Crippen LogP contribution in [0.5, 0.6) is 0 Å². The van der Waals surface area contributed by atoms with Crippen molar-refractivity contribution in [1.29, 1.82) is 0 Å². The molecule has 2 aromatic heterocycles. The molecule has 2 heterocycles. The van der Waals surface area contributed by atoms with E-state index in [2.05, 4.69) is 15.0 Å². The highest BCUT2D eigenvalue weighted by Crippen LogP contribution is 2.37. The molecule has 5 nitrogen and oxygen atoms in total. The minimum absolute atomic E-state index is 0.0797. The first-order chi connectivity index (χ1) is 14.8. The molecular weight excluding hydrogens is 429 g/mol. The molecule has 0 aliphatic heterocycles. The van der Waals surface area contributed by atoms with E-state index in [-0.39, 0.29) is 17.9 Å². The van der Waals surface area contributed by atoms with Crippen molar-refractivity contribution in [3.63, 3.8) is 0 Å². The summed E-state index contributed by atoms with van der Waals surface area (Å²) in [5.41, 5.74) is 7.64. The number of hydrogen-bond donors (Lipinski definition) is 1. The molecular formula is C22H16ClF3N4O. The lowest BCUT2D eigenvalue weighted by Gasteiger charge is -2.14. The molecule has 0 aliphatic rings. The van der Waals surface area contributed by atoms with Gasteiger partial charge in [0.1, 0.15) is 6.61 Å². The van der Waals surface area contributed by atoms with Crippen LogP contribution in [0.3, 0.4) is 0 Å². The van der Waals surface area contributed by atoms with Crippen LogP contribution in [0.15, 0.2) is 54.7 Å². The quantitative estimate of drug-likeness (QED) is 0.405. The fourth-order valence-corrected chi connectivity index (χ4v) is 3.49. The Hall–Kier alpha value is -3.23. The van der Waals surface area contributed by atoms with Crippen molar-refractivity contribution in [1.82, 2.24) is 15.0 Å². The van der Waals surface area contributed by atoms with E-state index in [1.54, 1.807) is 36.5 Å². The van der Waals surface area contributed by atoms with Crippen LogP contribution >= 0.6 is 11.6 Å². The standard InChI is InChI=1S/C22H16ClF3N4O/c1-31-11-19-29-18-9-12(20-16(23)3-2-8-28-20)4-6-14(18)21(30-19)15-10-13(22(24,25)26)5-7-17(15)27/h2-10H,11,27H2,1H3. The lowest BCUT2D eigenvalue weighted by Crippen LogP contribution is -2.07. The van der Waals surface area contributed by atoms with E-state index in [0.29, 0.717) is 38.7 Å². The van der Waals surface area contributed by atoms with E-state index < -0.39 is 11.7 Å². The highest BCUT2D eigenvalue weighted by Gasteiger charge is 2.31. The van der Waals surface area contributed by atoms with Crippen LogP contribution in [-0.4, -0.2) is 22.1 Å². The molecule has 0 amide bonds. The number of fused-ring (bicyclic) bond motifs is 1. The lowest BCUT2D eigenvalue weighted by atomic mass is 10.00. The number of ether oxygens (including phenoxy) is 1. The summed E-state index contributed by atoms with van der Waals surface area (Å²) >= 11 is 6.26. The predicted octanol–water partition coefficient (Wildman–Crippen LogP) is 5.76. The van der Waals surface area contributed by atoms with Gasteiger partial charge < -0.3 is 10.5 Å². The Morgan fingerprint density at radius 1 is 1.03 bits per heavy atom. The van der Waals surface area contributed by atoms with Crippen molar-refractivity contribution < 1.29 is 17.9 Å². The van der Waals surface area contributed by atoms with Gasteiger partial charge in [0.25, 0.3) is 0 Å². The third-order valence-electron chi connectivity index (χ3n) is 4.68. The average molecular weight is 445 g/mol. The summed E-state index contributed by atoms with van der Waals surface area (Å²) in [5.74, 6) is 0.311. The minimum atomic E-state index is -4.51. The second kappa shape index (κ2) is 8.13. The third kappa shape index (κ3) is 4.17. The number of alkyl halides is 3. The summed E-state index contributed by atoms with van der Waals surface area (Å²) in [4.78, 5) is 13.2. The van der Waals surface area contributed by atoms with Crippen molar-refractivity contribution in [2.24, 2.45) is 0 Å². The second-order valence-corrected chi connectivity index (χ2v) is 7.19. The monoisotopic (exact) mass is 444 g/mol. The van der Waals surface area contributed by atoms with E-state index in [9.17, 15) is 13.2 Å². The highest BCUT2D eigenvalue weighted by molar-refractivity contribution is 6.33. The minimum Gasteiger partial charge on any atom is -0.398 e. The highest BCUT2D eigenvalue weighted by atomic mass is 35.5. The van der Waals surface area contributed by atoms with Crippen LogP contribution < -0.4 is 5.73 Å². The number of nitrogen functional groups attached to an aromatic ring is 1. The van der Waals surface area contributed by atoms with Gasteiger partial charge in [-0.05, 0) is 42.5 Å². The van der Waals surface area contributed by atoms with E-state index in [0.717, 1.165) is 12.1 Å². The Kier molecular flexibility index (Phi) is 5.51. The molecule has 2 aromatic carbocycles. The summed E-state index contributed by atoms with van der Waals surface area (Å²) in [5, 5.41) is 1.01. The molecule has 31 heavy (non-hydrogen) atoms. The molecule has 4 rings (SSSR count). The van der Waals surface area contributed by atoms with Gasteiger partial charge in [-0.3, -0.25) is 4.98 Å². The van der Waals surface area contributed by atoms with Gasteiger partial charge in [-0.15, -0.1) is 0 Å². The van der Waals surface area contributed by atoms with Crippen molar-refractivity contribution >= 4 is 28.2 Å². The summed E-state index contributed by atoms with van der Waals surface area (Å²) in [6.45, 7) is 0.0797. The Morgan fingerprint density at radius 2 is 1.84 bits per heavy atom. The van der Waals surface area contributed by atoms with Gasteiger partial charge in [0.15, 0.2) is 5.82 Å². The first-order valence-electron chi connectivity index (χ1n) is 9.15. The second-order valence-electron chi connectivity index (χ2n) is 6.79. The number of rotatable bonds is 4. The van der Waals surface area contributed by atoms with Gasteiger partial charge in [-0.25, -0.2) is 9.97 Å². The number of halogens is 4. The maximum Gasteiger partial charge on any atom is 0.416 e. The fraction of sp³-hybridized carbons (Fsp3) is 0.136. The molecule has 9 heteroatoms. The van der Waals surface area contributed by atoms with Gasteiger partial charge in [0.05, 0.1) is 27.5 Å². The lowest BCUT2D eigenvalue weighted by molar-refractivity contribution is -0.137. The summed E-state index contributed by atoms with van der Waals surface area (Å²) in [6.07, 6.45) is -2.89. The van der Waals surface area contributed by atoms with E-state index in [4.69, 9.17) is 22.1 Å². The third-order valence-corrected chi connectivity index (χ3v) is 4.99. The molecule has 158 valence electrons. The van der Waals surface area contributed by atoms with Crippen LogP contribution in [0.4, 0.5) is 18.9 Å². The molecule has 0 bridgehead atoms. The number of benzene rings is 2. The maximum atomic E-state index is 13.3. The Bertz CT molecular complexity index is 1280. The maximum absolute atomic E-state index is 13.3. The molecule has 0 fully saturated rings. The molecule has 0 saturated heterocycles. The Balaban J connectivity index is 1.97. The summed E-state index contributed by atoms with van der Waals surface area (Å²) < 4.78 is 45.0. The molecule has 0 saturated carbocycles. The zero-order valence-electron chi connectivity index (χ0n) is 16.2. The van der Waals surface area contributed by atoms with Gasteiger partial charge in [-0.2, -0.15) is 13.2 Å². The molecule has 2 N–H and O–H groups in total. The Morgan fingerprint density at radius 3 is 2.55 bits per heavy atom. The number of nitrogens with two attached hydrogens (primary N) is 1. The van der Waals surface area contributed by atoms with Crippen LogP contribution in [-0.2, 0) is 17.5 Å². The van der Waals surface area contributed by atoms with Crippen LogP contribution in [0.2, 0.25) is 5.02 Å². The predicted molar refractivity (Wildman–Crippen MR) is 113 cm³/mol. The van der Waals surface area contributed by atoms with Crippen LogP contribution in [0.1, 0.15) is 11.4 Å². The van der Waals surface area contributed by atoms with E-state index in [1.165, 1.54) is 13.2 Å². The van der Waals surface area contributed by atoms with Crippen molar-refractivity contribution in [3.05, 3.63) is 71.1 Å². The van der Waals surface area contributed by atoms with Crippen molar-refractivity contribution in [2.75, 3.05) is 12.8 Å². The van der Waals surface area contributed by atoms with Gasteiger partial charge in [0, 0.05) is 35.5 Å². The number of hydrogen-bond acceptors (Lipinski definition) is 5. The Labute approximate surface area is 180 Å². The number of pyridine rings is 1. The van der Waals surface area contributed by atoms with Gasteiger partial charge >= 0.3 is 6.18 Å². The number of aromatic nitrogens is 3. The van der Waals surface area contributed by atoms with Crippen LogP contribution in [0.25, 0.3) is 33.4 Å². The average Bonchev–Trinajstić information content (AvgIpc) is 2.73. The summed E-state index contributed by atoms with van der Waals surface area (Å²) in [6, 6.07) is 11.9. The SMILES string of the molecule is COCc1nc(-c2cc(C(F)(F)F)ccc2N)c2ccc(-c3ncccc3Cl)cc2n1. The first kappa shape index (κ1) is 21.0. The number of methoxy groups -OCH3 is 1.